The molecule has 3 atom stereocenters. The number of carbonyl (C=O) groups is 2. The van der Waals surface area contributed by atoms with Crippen LogP contribution in [0, 0.1) is 13.8 Å². The van der Waals surface area contributed by atoms with Crippen LogP contribution >= 0.6 is 11.6 Å². The smallest absolute Gasteiger partial charge is 0.338 e. The van der Waals surface area contributed by atoms with Crippen LogP contribution in [0.15, 0.2) is 67.3 Å². The van der Waals surface area contributed by atoms with Crippen molar-refractivity contribution in [3.8, 4) is 5.82 Å². The van der Waals surface area contributed by atoms with Crippen molar-refractivity contribution in [2.45, 2.75) is 58.5 Å². The summed E-state index contributed by atoms with van der Waals surface area (Å²) in [4.78, 5) is 43.9. The third-order valence-electron chi connectivity index (χ3n) is 7.49. The van der Waals surface area contributed by atoms with E-state index >= 15 is 0 Å². The fraction of sp³-hybridized carbons (Fsp3) is 0.312. The van der Waals surface area contributed by atoms with Crippen molar-refractivity contribution in [1.29, 1.82) is 0 Å². The molecule has 5 aromatic rings. The van der Waals surface area contributed by atoms with Crippen LogP contribution in [0.1, 0.15) is 70.1 Å². The van der Waals surface area contributed by atoms with Gasteiger partial charge in [0.1, 0.15) is 30.9 Å². The van der Waals surface area contributed by atoms with E-state index in [1.165, 1.54) is 0 Å². The molecule has 44 heavy (non-hydrogen) atoms. The van der Waals surface area contributed by atoms with Crippen molar-refractivity contribution in [3.05, 3.63) is 101 Å². The third kappa shape index (κ3) is 5.93. The van der Waals surface area contributed by atoms with E-state index in [2.05, 4.69) is 19.9 Å². The second-order valence-corrected chi connectivity index (χ2v) is 11.4. The standard InChI is InChI=1S/C32H31ClN6O5/c1-18(2)27-34-13-14-38(27)28-26-29(37-32(33)36-28)39(17-35-26)25-15-23(44-31(41)22-11-7-20(4)8-12-22)24(43-25)16-42-30(40)21-9-5-19(3)6-10-21/h5-14,17-18,23-25H,15-16H2,1-4H3/t23-,24+,25-/m0/s1. The highest BCUT2D eigenvalue weighted by Crippen LogP contribution is 2.35. The van der Waals surface area contributed by atoms with E-state index in [1.54, 1.807) is 47.6 Å². The van der Waals surface area contributed by atoms with Gasteiger partial charge in [-0.15, -0.1) is 0 Å². The Morgan fingerprint density at radius 2 is 1.64 bits per heavy atom. The van der Waals surface area contributed by atoms with Gasteiger partial charge in [0.2, 0.25) is 5.28 Å². The van der Waals surface area contributed by atoms with E-state index in [-0.39, 0.29) is 24.2 Å². The highest BCUT2D eigenvalue weighted by atomic mass is 35.5. The van der Waals surface area contributed by atoms with Gasteiger partial charge in [-0.3, -0.25) is 9.13 Å². The molecular weight excluding hydrogens is 584 g/mol. The maximum atomic E-state index is 13.1. The number of ether oxygens (including phenoxy) is 3. The molecule has 6 rings (SSSR count). The molecular formula is C32H31ClN6O5. The highest BCUT2D eigenvalue weighted by molar-refractivity contribution is 6.28. The Morgan fingerprint density at radius 1 is 0.977 bits per heavy atom. The molecule has 0 spiro atoms. The number of rotatable bonds is 8. The molecule has 12 heteroatoms. The molecule has 0 amide bonds. The number of nitrogens with zero attached hydrogens (tertiary/aromatic N) is 6. The number of aromatic nitrogens is 6. The lowest BCUT2D eigenvalue weighted by Gasteiger charge is -2.19. The molecule has 3 aromatic heterocycles. The fourth-order valence-corrected chi connectivity index (χ4v) is 5.31. The first-order valence-corrected chi connectivity index (χ1v) is 14.7. The summed E-state index contributed by atoms with van der Waals surface area (Å²) in [7, 11) is 0. The molecule has 2 aromatic carbocycles. The molecule has 226 valence electrons. The molecule has 1 fully saturated rings. The predicted molar refractivity (Wildman–Crippen MR) is 162 cm³/mol. The Kier molecular flexibility index (Phi) is 8.15. The molecule has 4 heterocycles. The van der Waals surface area contributed by atoms with E-state index in [4.69, 9.17) is 25.8 Å². The van der Waals surface area contributed by atoms with E-state index in [1.807, 2.05) is 56.5 Å². The largest absolute Gasteiger partial charge is 0.459 e. The van der Waals surface area contributed by atoms with Gasteiger partial charge in [-0.05, 0) is 49.7 Å². The van der Waals surface area contributed by atoms with Crippen LogP contribution < -0.4 is 0 Å². The maximum Gasteiger partial charge on any atom is 0.338 e. The number of imidazole rings is 2. The summed E-state index contributed by atoms with van der Waals surface area (Å²) in [6, 6.07) is 14.2. The molecule has 0 unspecified atom stereocenters. The van der Waals surface area contributed by atoms with Crippen molar-refractivity contribution in [3.63, 3.8) is 0 Å². The number of benzene rings is 2. The highest BCUT2D eigenvalue weighted by Gasteiger charge is 2.41. The Hall–Kier alpha value is -4.61. The monoisotopic (exact) mass is 614 g/mol. The number of fused-ring (bicyclic) bond motifs is 1. The van der Waals surface area contributed by atoms with Crippen molar-refractivity contribution in [1.82, 2.24) is 29.1 Å². The van der Waals surface area contributed by atoms with Crippen LogP contribution in [0.3, 0.4) is 0 Å². The van der Waals surface area contributed by atoms with Crippen molar-refractivity contribution >= 4 is 34.7 Å². The minimum Gasteiger partial charge on any atom is -0.459 e. The molecule has 0 radical (unpaired) electrons. The summed E-state index contributed by atoms with van der Waals surface area (Å²) in [6.45, 7) is 7.82. The van der Waals surface area contributed by atoms with Gasteiger partial charge >= 0.3 is 11.9 Å². The van der Waals surface area contributed by atoms with E-state index < -0.39 is 30.4 Å². The Morgan fingerprint density at radius 3 is 2.30 bits per heavy atom. The normalized spacial score (nSPS) is 18.2. The van der Waals surface area contributed by atoms with Gasteiger partial charge in [0.25, 0.3) is 0 Å². The summed E-state index contributed by atoms with van der Waals surface area (Å²) >= 11 is 6.40. The molecule has 1 aliphatic rings. The van der Waals surface area contributed by atoms with Crippen LogP contribution in [-0.4, -0.2) is 59.8 Å². The quantitative estimate of drug-likeness (QED) is 0.158. The molecule has 1 saturated heterocycles. The Balaban J connectivity index is 1.29. The van der Waals surface area contributed by atoms with Crippen molar-refractivity contribution < 1.29 is 23.8 Å². The summed E-state index contributed by atoms with van der Waals surface area (Å²) in [6.07, 6.45) is 3.23. The zero-order valence-corrected chi connectivity index (χ0v) is 25.4. The Labute approximate surface area is 258 Å². The van der Waals surface area contributed by atoms with Gasteiger partial charge in [-0.2, -0.15) is 9.97 Å². The van der Waals surface area contributed by atoms with Gasteiger partial charge in [0, 0.05) is 24.7 Å². The summed E-state index contributed by atoms with van der Waals surface area (Å²) in [5, 5.41) is 0.0292. The van der Waals surface area contributed by atoms with E-state index in [9.17, 15) is 9.59 Å². The number of hydrogen-bond acceptors (Lipinski definition) is 9. The van der Waals surface area contributed by atoms with E-state index in [0.717, 1.165) is 17.0 Å². The first-order valence-electron chi connectivity index (χ1n) is 14.3. The number of aryl methyl sites for hydroxylation is 2. The zero-order valence-electron chi connectivity index (χ0n) is 24.7. The zero-order chi connectivity index (χ0) is 31.0. The summed E-state index contributed by atoms with van der Waals surface area (Å²) in [5.74, 6) is 0.411. The van der Waals surface area contributed by atoms with Crippen LogP contribution in [0.2, 0.25) is 5.28 Å². The maximum absolute atomic E-state index is 13.1. The minimum atomic E-state index is -0.751. The lowest BCUT2D eigenvalue weighted by atomic mass is 10.1. The fourth-order valence-electron chi connectivity index (χ4n) is 5.15. The number of hydrogen-bond donors (Lipinski definition) is 0. The van der Waals surface area contributed by atoms with Crippen LogP contribution in [-0.2, 0) is 14.2 Å². The third-order valence-corrected chi connectivity index (χ3v) is 7.66. The minimum absolute atomic E-state index is 0.0292. The van der Waals surface area contributed by atoms with Gasteiger partial charge in [-0.25, -0.2) is 19.6 Å². The first kappa shape index (κ1) is 29.5. The van der Waals surface area contributed by atoms with Gasteiger partial charge in [-0.1, -0.05) is 49.2 Å². The first-order chi connectivity index (χ1) is 21.2. The summed E-state index contributed by atoms with van der Waals surface area (Å²) < 4.78 is 21.5. The molecule has 0 aliphatic carbocycles. The molecule has 1 aliphatic heterocycles. The summed E-state index contributed by atoms with van der Waals surface area (Å²) in [5.41, 5.74) is 3.82. The van der Waals surface area contributed by atoms with Gasteiger partial charge in [0.15, 0.2) is 17.0 Å². The van der Waals surface area contributed by atoms with Gasteiger partial charge in [0.05, 0.1) is 17.5 Å². The van der Waals surface area contributed by atoms with Crippen LogP contribution in [0.25, 0.3) is 17.0 Å². The molecule has 11 nitrogen and oxygen atoms in total. The number of carbonyl (C=O) groups excluding carboxylic acids is 2. The predicted octanol–water partition coefficient (Wildman–Crippen LogP) is 5.78. The topological polar surface area (TPSA) is 123 Å². The van der Waals surface area contributed by atoms with Crippen molar-refractivity contribution in [2.75, 3.05) is 6.61 Å². The lowest BCUT2D eigenvalue weighted by molar-refractivity contribution is -0.0563. The van der Waals surface area contributed by atoms with Gasteiger partial charge < -0.3 is 14.2 Å². The Bertz CT molecular complexity index is 1820. The average Bonchev–Trinajstić information content (AvgIpc) is 3.75. The molecule has 0 saturated carbocycles. The molecule has 0 bridgehead atoms. The second-order valence-electron chi connectivity index (χ2n) is 11.1. The number of esters is 2. The SMILES string of the molecule is Cc1ccc(C(=O)OC[C@H]2O[C@H](n3cnc4c(-n5ccnc5C(C)C)nc(Cl)nc43)C[C@@H]2OC(=O)c2ccc(C)cc2)cc1. The average molecular weight is 615 g/mol. The van der Waals surface area contributed by atoms with Crippen molar-refractivity contribution in [2.24, 2.45) is 0 Å². The van der Waals surface area contributed by atoms with Crippen LogP contribution in [0.4, 0.5) is 0 Å². The second kappa shape index (κ2) is 12.2. The van der Waals surface area contributed by atoms with E-state index in [0.29, 0.717) is 28.1 Å². The number of halogens is 1. The van der Waals surface area contributed by atoms with Crippen LogP contribution in [0.5, 0.6) is 0 Å². The lowest BCUT2D eigenvalue weighted by Crippen LogP contribution is -2.32. The molecule has 0 N–H and O–H groups in total.